The number of aromatic nitrogens is 1. The van der Waals surface area contributed by atoms with Crippen molar-refractivity contribution in [3.63, 3.8) is 0 Å². The summed E-state index contributed by atoms with van der Waals surface area (Å²) in [7, 11) is 8.58. The van der Waals surface area contributed by atoms with Crippen molar-refractivity contribution < 1.29 is 19.0 Å². The standard InChI is InChI=1S/C21H22N2O4S/c1-23(2)15-8-6-13(7-9-15)21-22-16(12-28-21)18-14(11-24)10-17(25-3)19(26-4)20(18)27-5/h6-12H,1-5H3. The Morgan fingerprint density at radius 3 is 2.21 bits per heavy atom. The average Bonchev–Trinajstić information content (AvgIpc) is 3.21. The summed E-state index contributed by atoms with van der Waals surface area (Å²) >= 11 is 1.51. The number of rotatable bonds is 7. The molecule has 0 amide bonds. The van der Waals surface area contributed by atoms with Crippen LogP contribution in [0.15, 0.2) is 35.7 Å². The van der Waals surface area contributed by atoms with Gasteiger partial charge in [-0.1, -0.05) is 0 Å². The second-order valence-electron chi connectivity index (χ2n) is 6.21. The van der Waals surface area contributed by atoms with E-state index in [2.05, 4.69) is 0 Å². The van der Waals surface area contributed by atoms with Crippen molar-refractivity contribution in [3.8, 4) is 39.1 Å². The topological polar surface area (TPSA) is 60.9 Å². The minimum Gasteiger partial charge on any atom is -0.493 e. The monoisotopic (exact) mass is 398 g/mol. The summed E-state index contributed by atoms with van der Waals surface area (Å²) in [6, 6.07) is 9.79. The van der Waals surface area contributed by atoms with Crippen molar-refractivity contribution in [2.24, 2.45) is 0 Å². The van der Waals surface area contributed by atoms with Crippen LogP contribution in [0.2, 0.25) is 0 Å². The molecule has 1 heterocycles. The minimum atomic E-state index is 0.420. The van der Waals surface area contributed by atoms with E-state index < -0.39 is 0 Å². The molecule has 28 heavy (non-hydrogen) atoms. The second kappa shape index (κ2) is 8.31. The number of anilines is 1. The lowest BCUT2D eigenvalue weighted by Gasteiger charge is -2.16. The first-order valence-corrected chi connectivity index (χ1v) is 9.43. The SMILES string of the molecule is COc1cc(C=O)c(-c2csc(-c3ccc(N(C)C)cc3)n2)c(OC)c1OC. The van der Waals surface area contributed by atoms with Crippen molar-refractivity contribution in [1.82, 2.24) is 4.98 Å². The van der Waals surface area contributed by atoms with Crippen LogP contribution in [0.4, 0.5) is 5.69 Å². The lowest BCUT2D eigenvalue weighted by molar-refractivity contribution is 0.112. The molecule has 0 radical (unpaired) electrons. The molecule has 3 aromatic rings. The molecule has 3 rings (SSSR count). The van der Waals surface area contributed by atoms with E-state index >= 15 is 0 Å². The van der Waals surface area contributed by atoms with Crippen LogP contribution >= 0.6 is 11.3 Å². The van der Waals surface area contributed by atoms with Gasteiger partial charge in [-0.3, -0.25) is 4.79 Å². The lowest BCUT2D eigenvalue weighted by atomic mass is 10.0. The van der Waals surface area contributed by atoms with Gasteiger partial charge in [0.15, 0.2) is 17.8 Å². The highest BCUT2D eigenvalue weighted by molar-refractivity contribution is 7.13. The highest BCUT2D eigenvalue weighted by Crippen LogP contribution is 2.46. The maximum Gasteiger partial charge on any atom is 0.204 e. The van der Waals surface area contributed by atoms with Gasteiger partial charge in [-0.2, -0.15) is 0 Å². The Morgan fingerprint density at radius 1 is 1.00 bits per heavy atom. The van der Waals surface area contributed by atoms with Gasteiger partial charge < -0.3 is 19.1 Å². The number of methoxy groups -OCH3 is 3. The normalized spacial score (nSPS) is 10.5. The third-order valence-corrected chi connectivity index (χ3v) is 5.27. The molecule has 6 nitrogen and oxygen atoms in total. The van der Waals surface area contributed by atoms with Crippen LogP contribution in [0.1, 0.15) is 10.4 Å². The summed E-state index contributed by atoms with van der Waals surface area (Å²) < 4.78 is 16.3. The van der Waals surface area contributed by atoms with Gasteiger partial charge in [0, 0.05) is 36.3 Å². The summed E-state index contributed by atoms with van der Waals surface area (Å²) in [5.74, 6) is 1.28. The van der Waals surface area contributed by atoms with Gasteiger partial charge in [0.05, 0.1) is 32.6 Å². The number of thiazole rings is 1. The molecular weight excluding hydrogens is 376 g/mol. The van der Waals surface area contributed by atoms with E-state index in [1.54, 1.807) is 6.07 Å². The van der Waals surface area contributed by atoms with Gasteiger partial charge in [-0.15, -0.1) is 11.3 Å². The summed E-state index contributed by atoms with van der Waals surface area (Å²) in [5.41, 5.74) is 3.78. The first-order chi connectivity index (χ1) is 13.5. The molecule has 146 valence electrons. The van der Waals surface area contributed by atoms with E-state index in [0.717, 1.165) is 22.5 Å². The third kappa shape index (κ3) is 3.53. The molecule has 0 bridgehead atoms. The maximum atomic E-state index is 11.7. The Labute approximate surface area is 168 Å². The zero-order valence-corrected chi connectivity index (χ0v) is 17.3. The van der Waals surface area contributed by atoms with E-state index in [-0.39, 0.29) is 0 Å². The Hall–Kier alpha value is -3.06. The van der Waals surface area contributed by atoms with Crippen LogP contribution in [0.25, 0.3) is 21.8 Å². The number of hydrogen-bond acceptors (Lipinski definition) is 7. The van der Waals surface area contributed by atoms with Crippen LogP contribution in [0.3, 0.4) is 0 Å². The smallest absolute Gasteiger partial charge is 0.204 e. The first kappa shape index (κ1) is 19.7. The van der Waals surface area contributed by atoms with Gasteiger partial charge >= 0.3 is 0 Å². The molecule has 0 aliphatic rings. The number of carbonyl (C=O) groups is 1. The van der Waals surface area contributed by atoms with Gasteiger partial charge in [0.25, 0.3) is 0 Å². The summed E-state index contributed by atoms with van der Waals surface area (Å²) in [6.45, 7) is 0. The van der Waals surface area contributed by atoms with Crippen LogP contribution in [0.5, 0.6) is 17.2 Å². The van der Waals surface area contributed by atoms with Crippen LogP contribution in [-0.4, -0.2) is 46.7 Å². The molecule has 7 heteroatoms. The number of nitrogens with zero attached hydrogens (tertiary/aromatic N) is 2. The highest BCUT2D eigenvalue weighted by atomic mass is 32.1. The molecule has 0 saturated carbocycles. The fourth-order valence-electron chi connectivity index (χ4n) is 2.96. The van der Waals surface area contributed by atoms with Crippen molar-refractivity contribution in [1.29, 1.82) is 0 Å². The molecular formula is C21H22N2O4S. The Bertz CT molecular complexity index is 981. The minimum absolute atomic E-state index is 0.420. The van der Waals surface area contributed by atoms with Crippen molar-refractivity contribution in [2.45, 2.75) is 0 Å². The largest absolute Gasteiger partial charge is 0.493 e. The predicted molar refractivity (Wildman–Crippen MR) is 112 cm³/mol. The van der Waals surface area contributed by atoms with Crippen LogP contribution < -0.4 is 19.1 Å². The number of benzene rings is 2. The quantitative estimate of drug-likeness (QED) is 0.551. The number of ether oxygens (including phenoxy) is 3. The molecule has 1 aromatic heterocycles. The second-order valence-corrected chi connectivity index (χ2v) is 7.06. The summed E-state index contributed by atoms with van der Waals surface area (Å²) in [5, 5.41) is 2.76. The summed E-state index contributed by atoms with van der Waals surface area (Å²) in [6.07, 6.45) is 0.769. The Morgan fingerprint density at radius 2 is 1.68 bits per heavy atom. The van der Waals surface area contributed by atoms with Crippen molar-refractivity contribution in [2.75, 3.05) is 40.3 Å². The molecule has 0 spiro atoms. The van der Waals surface area contributed by atoms with Crippen molar-refractivity contribution >= 4 is 23.3 Å². The third-order valence-electron chi connectivity index (χ3n) is 4.38. The van der Waals surface area contributed by atoms with E-state index in [4.69, 9.17) is 19.2 Å². The highest BCUT2D eigenvalue weighted by Gasteiger charge is 2.23. The predicted octanol–water partition coefficient (Wildman–Crippen LogP) is 4.38. The molecule has 0 saturated heterocycles. The molecule has 0 atom stereocenters. The molecule has 0 aliphatic carbocycles. The van der Waals surface area contributed by atoms with E-state index in [9.17, 15) is 4.79 Å². The molecule has 0 fully saturated rings. The molecule has 0 N–H and O–H groups in total. The molecule has 0 aliphatic heterocycles. The Kier molecular flexibility index (Phi) is 5.84. The van der Waals surface area contributed by atoms with Gasteiger partial charge in [-0.25, -0.2) is 4.98 Å². The van der Waals surface area contributed by atoms with Gasteiger partial charge in [0.2, 0.25) is 5.75 Å². The van der Waals surface area contributed by atoms with Crippen molar-refractivity contribution in [3.05, 3.63) is 41.3 Å². The molecule has 2 aromatic carbocycles. The Balaban J connectivity index is 2.11. The fourth-order valence-corrected chi connectivity index (χ4v) is 3.77. The first-order valence-electron chi connectivity index (χ1n) is 8.55. The van der Waals surface area contributed by atoms with E-state index in [0.29, 0.717) is 34.1 Å². The summed E-state index contributed by atoms with van der Waals surface area (Å²) in [4.78, 5) is 18.5. The van der Waals surface area contributed by atoms with E-state index in [1.165, 1.54) is 32.7 Å². The maximum absolute atomic E-state index is 11.7. The van der Waals surface area contributed by atoms with Gasteiger partial charge in [0.1, 0.15) is 5.01 Å². The number of aldehydes is 1. The van der Waals surface area contributed by atoms with Gasteiger partial charge in [-0.05, 0) is 30.3 Å². The zero-order chi connectivity index (χ0) is 20.3. The van der Waals surface area contributed by atoms with E-state index in [1.807, 2.05) is 48.6 Å². The lowest BCUT2D eigenvalue weighted by Crippen LogP contribution is -2.07. The van der Waals surface area contributed by atoms with Crippen LogP contribution in [0, 0.1) is 0 Å². The zero-order valence-electron chi connectivity index (χ0n) is 16.5. The number of hydrogen-bond donors (Lipinski definition) is 0. The average molecular weight is 398 g/mol. The fraction of sp³-hybridized carbons (Fsp3) is 0.238. The number of carbonyl (C=O) groups excluding carboxylic acids is 1. The molecule has 0 unspecified atom stereocenters. The van der Waals surface area contributed by atoms with Crippen LogP contribution in [-0.2, 0) is 0 Å².